The SMILES string of the molecule is CS(=O)(=O)Cc1ncc(CNC2CC2)s1. The minimum atomic E-state index is -2.96. The Morgan fingerprint density at radius 2 is 2.33 bits per heavy atom. The Labute approximate surface area is 93.7 Å². The molecule has 0 bridgehead atoms. The number of rotatable bonds is 5. The normalized spacial score (nSPS) is 16.9. The number of nitrogens with zero attached hydrogens (tertiary/aromatic N) is 1. The summed E-state index contributed by atoms with van der Waals surface area (Å²) < 4.78 is 22.1. The van der Waals surface area contributed by atoms with Crippen molar-refractivity contribution in [1.82, 2.24) is 10.3 Å². The van der Waals surface area contributed by atoms with Gasteiger partial charge in [-0.2, -0.15) is 0 Å². The van der Waals surface area contributed by atoms with Crippen molar-refractivity contribution in [3.63, 3.8) is 0 Å². The zero-order chi connectivity index (χ0) is 10.9. The lowest BCUT2D eigenvalue weighted by molar-refractivity contribution is 0.601. The van der Waals surface area contributed by atoms with E-state index in [2.05, 4.69) is 10.3 Å². The van der Waals surface area contributed by atoms with E-state index in [0.717, 1.165) is 11.4 Å². The third kappa shape index (κ3) is 3.89. The third-order valence-electron chi connectivity index (χ3n) is 2.13. The van der Waals surface area contributed by atoms with Crippen LogP contribution in [0.15, 0.2) is 6.20 Å². The van der Waals surface area contributed by atoms with E-state index < -0.39 is 9.84 Å². The second-order valence-electron chi connectivity index (χ2n) is 3.95. The number of thiazole rings is 1. The van der Waals surface area contributed by atoms with Gasteiger partial charge < -0.3 is 5.32 Å². The highest BCUT2D eigenvalue weighted by Gasteiger charge is 2.20. The van der Waals surface area contributed by atoms with Gasteiger partial charge in [-0.25, -0.2) is 13.4 Å². The van der Waals surface area contributed by atoms with Gasteiger partial charge in [-0.3, -0.25) is 0 Å². The van der Waals surface area contributed by atoms with Crippen LogP contribution in [0.25, 0.3) is 0 Å². The van der Waals surface area contributed by atoms with Crippen LogP contribution in [0.4, 0.5) is 0 Å². The third-order valence-corrected chi connectivity index (χ3v) is 4.11. The molecule has 1 N–H and O–H groups in total. The van der Waals surface area contributed by atoms with Crippen molar-refractivity contribution >= 4 is 21.2 Å². The summed E-state index contributed by atoms with van der Waals surface area (Å²) in [5, 5.41) is 4.06. The summed E-state index contributed by atoms with van der Waals surface area (Å²) in [6, 6.07) is 0.672. The topological polar surface area (TPSA) is 59.1 Å². The molecule has 1 aliphatic carbocycles. The van der Waals surface area contributed by atoms with Crippen LogP contribution >= 0.6 is 11.3 Å². The minimum absolute atomic E-state index is 0.0566. The molecule has 1 heterocycles. The van der Waals surface area contributed by atoms with Crippen molar-refractivity contribution in [3.05, 3.63) is 16.1 Å². The van der Waals surface area contributed by atoms with Gasteiger partial charge in [-0.1, -0.05) is 0 Å². The second-order valence-corrected chi connectivity index (χ2v) is 7.29. The first-order valence-corrected chi connectivity index (χ1v) is 7.75. The Kier molecular flexibility index (Phi) is 3.08. The highest BCUT2D eigenvalue weighted by Crippen LogP contribution is 2.21. The monoisotopic (exact) mass is 246 g/mol. The van der Waals surface area contributed by atoms with E-state index in [9.17, 15) is 8.42 Å². The van der Waals surface area contributed by atoms with Gasteiger partial charge in [0.15, 0.2) is 9.84 Å². The van der Waals surface area contributed by atoms with Crippen LogP contribution in [0.3, 0.4) is 0 Å². The largest absolute Gasteiger partial charge is 0.309 e. The number of nitrogens with one attached hydrogen (secondary N) is 1. The van der Waals surface area contributed by atoms with E-state index in [-0.39, 0.29) is 5.75 Å². The molecule has 0 unspecified atom stereocenters. The van der Waals surface area contributed by atoms with E-state index in [1.165, 1.54) is 30.4 Å². The summed E-state index contributed by atoms with van der Waals surface area (Å²) in [6.45, 7) is 0.812. The zero-order valence-corrected chi connectivity index (χ0v) is 10.2. The van der Waals surface area contributed by atoms with E-state index in [0.29, 0.717) is 11.0 Å². The Morgan fingerprint density at radius 3 is 2.93 bits per heavy atom. The zero-order valence-electron chi connectivity index (χ0n) is 8.56. The van der Waals surface area contributed by atoms with Gasteiger partial charge >= 0.3 is 0 Å². The summed E-state index contributed by atoms with van der Waals surface area (Å²) >= 11 is 1.48. The van der Waals surface area contributed by atoms with E-state index in [1.807, 2.05) is 0 Å². The van der Waals surface area contributed by atoms with Crippen LogP contribution in [0, 0.1) is 0 Å². The fraction of sp³-hybridized carbons (Fsp3) is 0.667. The van der Waals surface area contributed by atoms with Gasteiger partial charge in [-0.05, 0) is 12.8 Å². The fourth-order valence-corrected chi connectivity index (χ4v) is 3.32. The average Bonchev–Trinajstić information content (AvgIpc) is 2.83. The summed E-state index contributed by atoms with van der Waals surface area (Å²) in [6.07, 6.45) is 5.51. The van der Waals surface area contributed by atoms with Crippen LogP contribution in [0.1, 0.15) is 22.7 Å². The van der Waals surface area contributed by atoms with E-state index >= 15 is 0 Å². The summed E-state index contributed by atoms with van der Waals surface area (Å²) in [7, 11) is -2.96. The molecule has 1 aromatic rings. The van der Waals surface area contributed by atoms with Gasteiger partial charge in [0.25, 0.3) is 0 Å². The standard InChI is InChI=1S/C9H14N2O2S2/c1-15(12,13)6-9-11-5-8(14-9)4-10-7-2-3-7/h5,7,10H,2-4,6H2,1H3. The predicted molar refractivity (Wildman–Crippen MR) is 60.5 cm³/mol. The van der Waals surface area contributed by atoms with E-state index in [4.69, 9.17) is 0 Å². The Morgan fingerprint density at radius 1 is 1.60 bits per heavy atom. The Bertz CT molecular complexity index is 435. The first-order chi connectivity index (χ1) is 7.03. The van der Waals surface area contributed by atoms with Crippen molar-refractivity contribution in [2.45, 2.75) is 31.2 Å². The van der Waals surface area contributed by atoms with Crippen LogP contribution in [-0.2, 0) is 22.1 Å². The van der Waals surface area contributed by atoms with Crippen LogP contribution in [0.5, 0.6) is 0 Å². The van der Waals surface area contributed by atoms with Crippen LogP contribution in [0.2, 0.25) is 0 Å². The lowest BCUT2D eigenvalue weighted by atomic mass is 10.5. The first kappa shape index (κ1) is 11.0. The van der Waals surface area contributed by atoms with Gasteiger partial charge in [0.05, 0.1) is 0 Å². The second kappa shape index (κ2) is 4.19. The molecule has 1 aromatic heterocycles. The molecule has 1 fully saturated rings. The van der Waals surface area contributed by atoms with Crippen molar-refractivity contribution in [1.29, 1.82) is 0 Å². The highest BCUT2D eigenvalue weighted by atomic mass is 32.2. The number of hydrogen-bond donors (Lipinski definition) is 1. The molecule has 4 nitrogen and oxygen atoms in total. The molecule has 0 atom stereocenters. The van der Waals surface area contributed by atoms with Crippen molar-refractivity contribution in [2.75, 3.05) is 6.26 Å². The molecule has 1 saturated carbocycles. The quantitative estimate of drug-likeness (QED) is 0.840. The molecule has 0 amide bonds. The van der Waals surface area contributed by atoms with Crippen molar-refractivity contribution < 1.29 is 8.42 Å². The summed E-state index contributed by atoms with van der Waals surface area (Å²) in [4.78, 5) is 5.21. The maximum absolute atomic E-state index is 11.0. The maximum Gasteiger partial charge on any atom is 0.153 e. The molecule has 0 aliphatic heterocycles. The Hall–Kier alpha value is -0.460. The maximum atomic E-state index is 11.0. The molecule has 0 radical (unpaired) electrons. The van der Waals surface area contributed by atoms with Crippen LogP contribution < -0.4 is 5.32 Å². The highest BCUT2D eigenvalue weighted by molar-refractivity contribution is 7.90. The van der Waals surface area contributed by atoms with Gasteiger partial charge in [0.1, 0.15) is 10.8 Å². The summed E-state index contributed by atoms with van der Waals surface area (Å²) in [5.74, 6) is 0.0566. The van der Waals surface area contributed by atoms with Crippen LogP contribution in [-0.4, -0.2) is 25.7 Å². The average molecular weight is 246 g/mol. The minimum Gasteiger partial charge on any atom is -0.309 e. The number of hydrogen-bond acceptors (Lipinski definition) is 5. The lowest BCUT2D eigenvalue weighted by Crippen LogP contribution is -2.14. The molecule has 0 spiro atoms. The molecule has 0 saturated heterocycles. The number of sulfone groups is 1. The van der Waals surface area contributed by atoms with Gasteiger partial charge in [0.2, 0.25) is 0 Å². The number of aromatic nitrogens is 1. The molecule has 2 rings (SSSR count). The van der Waals surface area contributed by atoms with Crippen molar-refractivity contribution in [2.24, 2.45) is 0 Å². The summed E-state index contributed by atoms with van der Waals surface area (Å²) in [5.41, 5.74) is 0. The molecular formula is C9H14N2O2S2. The molecule has 84 valence electrons. The smallest absolute Gasteiger partial charge is 0.153 e. The Balaban J connectivity index is 1.90. The molecular weight excluding hydrogens is 232 g/mol. The molecule has 0 aromatic carbocycles. The molecule has 15 heavy (non-hydrogen) atoms. The van der Waals surface area contributed by atoms with Gasteiger partial charge in [-0.15, -0.1) is 11.3 Å². The molecule has 6 heteroatoms. The van der Waals surface area contributed by atoms with Gasteiger partial charge in [0, 0.05) is 29.9 Å². The lowest BCUT2D eigenvalue weighted by Gasteiger charge is -1.97. The predicted octanol–water partition coefficient (Wildman–Crippen LogP) is 0.940. The van der Waals surface area contributed by atoms with Crippen molar-refractivity contribution in [3.8, 4) is 0 Å². The molecule has 1 aliphatic rings. The fourth-order valence-electron chi connectivity index (χ4n) is 1.25. The van der Waals surface area contributed by atoms with E-state index in [1.54, 1.807) is 6.20 Å². The first-order valence-electron chi connectivity index (χ1n) is 4.87.